The zero-order chi connectivity index (χ0) is 17.8. The molecule has 1 heterocycles. The third-order valence-corrected chi connectivity index (χ3v) is 5.58. The molecule has 2 aliphatic rings. The fourth-order valence-electron chi connectivity index (χ4n) is 3.04. The molecule has 1 aliphatic heterocycles. The Labute approximate surface area is 143 Å². The molecule has 4 nitrogen and oxygen atoms in total. The molecule has 1 aromatic carbocycles. The highest BCUT2D eigenvalue weighted by Crippen LogP contribution is 2.36. The van der Waals surface area contributed by atoms with E-state index in [9.17, 15) is 9.18 Å². The summed E-state index contributed by atoms with van der Waals surface area (Å²) in [6.45, 7) is 9.78. The smallest absolute Gasteiger partial charge is 0.399 e. The molecule has 1 aliphatic carbocycles. The molecule has 0 spiro atoms. The highest BCUT2D eigenvalue weighted by atomic mass is 19.1. The standard InChI is InChI=1S/C18H25BFNO3/c1-16(2)17(3,4)24-19(23-16)13-9-12(10-14(20)11-13)15(22)21-18(5)7-6-8-18/h9-11H,6-8H2,1-5H3,(H,21,22). The van der Waals surface area contributed by atoms with Gasteiger partial charge in [-0.2, -0.15) is 0 Å². The first kappa shape index (κ1) is 17.4. The summed E-state index contributed by atoms with van der Waals surface area (Å²) in [4.78, 5) is 12.5. The minimum atomic E-state index is -0.684. The first-order chi connectivity index (χ1) is 11.0. The molecule has 24 heavy (non-hydrogen) atoms. The van der Waals surface area contributed by atoms with E-state index in [1.165, 1.54) is 12.1 Å². The van der Waals surface area contributed by atoms with E-state index in [4.69, 9.17) is 9.31 Å². The summed E-state index contributed by atoms with van der Waals surface area (Å²) in [7, 11) is -0.684. The number of rotatable bonds is 3. The van der Waals surface area contributed by atoms with E-state index >= 15 is 0 Å². The third-order valence-electron chi connectivity index (χ3n) is 5.58. The highest BCUT2D eigenvalue weighted by molar-refractivity contribution is 6.62. The van der Waals surface area contributed by atoms with Crippen molar-refractivity contribution in [1.82, 2.24) is 5.32 Å². The number of carbonyl (C=O) groups excluding carboxylic acids is 1. The quantitative estimate of drug-likeness (QED) is 0.866. The Kier molecular flexibility index (Phi) is 4.04. The Bertz CT molecular complexity index is 654. The summed E-state index contributed by atoms with van der Waals surface area (Å²) in [6, 6.07) is 4.28. The van der Waals surface area contributed by atoms with Gasteiger partial charge in [0.15, 0.2) is 0 Å². The molecule has 0 radical (unpaired) electrons. The van der Waals surface area contributed by atoms with Crippen molar-refractivity contribution in [3.05, 3.63) is 29.6 Å². The highest BCUT2D eigenvalue weighted by Gasteiger charge is 2.51. The minimum Gasteiger partial charge on any atom is -0.399 e. The van der Waals surface area contributed by atoms with Crippen LogP contribution in [0.25, 0.3) is 0 Å². The van der Waals surface area contributed by atoms with Gasteiger partial charge >= 0.3 is 7.12 Å². The van der Waals surface area contributed by atoms with Crippen LogP contribution in [0.1, 0.15) is 64.2 Å². The first-order valence-corrected chi connectivity index (χ1v) is 8.50. The maximum Gasteiger partial charge on any atom is 0.494 e. The van der Waals surface area contributed by atoms with Crippen molar-refractivity contribution in [2.45, 2.75) is 70.6 Å². The molecular weight excluding hydrogens is 308 g/mol. The SMILES string of the molecule is CC1(NC(=O)c2cc(F)cc(B3OC(C)(C)C(C)(C)O3)c2)CCC1. The lowest BCUT2D eigenvalue weighted by Crippen LogP contribution is -2.51. The van der Waals surface area contributed by atoms with Crippen molar-refractivity contribution in [1.29, 1.82) is 0 Å². The fourth-order valence-corrected chi connectivity index (χ4v) is 3.04. The Balaban J connectivity index is 1.83. The Morgan fingerprint density at radius 3 is 2.17 bits per heavy atom. The van der Waals surface area contributed by atoms with Crippen LogP contribution in [0.5, 0.6) is 0 Å². The Morgan fingerprint density at radius 1 is 1.08 bits per heavy atom. The van der Waals surface area contributed by atoms with Crippen LogP contribution in [0, 0.1) is 5.82 Å². The van der Waals surface area contributed by atoms with Crippen LogP contribution < -0.4 is 10.8 Å². The average Bonchev–Trinajstić information content (AvgIpc) is 2.65. The van der Waals surface area contributed by atoms with Crippen molar-refractivity contribution in [3.63, 3.8) is 0 Å². The number of benzene rings is 1. The lowest BCUT2D eigenvalue weighted by molar-refractivity contribution is 0.00578. The van der Waals surface area contributed by atoms with E-state index in [-0.39, 0.29) is 11.4 Å². The van der Waals surface area contributed by atoms with Gasteiger partial charge in [0.25, 0.3) is 5.91 Å². The van der Waals surface area contributed by atoms with Crippen molar-refractivity contribution >= 4 is 18.5 Å². The number of nitrogens with one attached hydrogen (secondary N) is 1. The van der Waals surface area contributed by atoms with Gasteiger partial charge in [-0.3, -0.25) is 4.79 Å². The first-order valence-electron chi connectivity index (χ1n) is 8.50. The van der Waals surface area contributed by atoms with Gasteiger partial charge in [-0.05, 0) is 77.5 Å². The van der Waals surface area contributed by atoms with Crippen molar-refractivity contribution in [3.8, 4) is 0 Å². The van der Waals surface area contributed by atoms with Crippen LogP contribution in [0.15, 0.2) is 18.2 Å². The molecule has 3 rings (SSSR count). The normalized spacial score (nSPS) is 23.7. The summed E-state index contributed by atoms with van der Waals surface area (Å²) < 4.78 is 26.0. The van der Waals surface area contributed by atoms with E-state index in [0.29, 0.717) is 11.0 Å². The molecule has 6 heteroatoms. The molecule has 1 saturated carbocycles. The molecule has 0 atom stereocenters. The predicted molar refractivity (Wildman–Crippen MR) is 91.8 cm³/mol. The van der Waals surface area contributed by atoms with E-state index in [1.807, 2.05) is 34.6 Å². The second-order valence-corrected chi connectivity index (χ2v) is 8.23. The van der Waals surface area contributed by atoms with Crippen LogP contribution in [0.4, 0.5) is 4.39 Å². The lowest BCUT2D eigenvalue weighted by atomic mass is 9.77. The van der Waals surface area contributed by atoms with Gasteiger partial charge in [-0.25, -0.2) is 4.39 Å². The van der Waals surface area contributed by atoms with Gasteiger partial charge in [0.1, 0.15) is 5.82 Å². The summed E-state index contributed by atoms with van der Waals surface area (Å²) in [6.07, 6.45) is 3.02. The minimum absolute atomic E-state index is 0.173. The molecule has 1 N–H and O–H groups in total. The molecule has 0 bridgehead atoms. The molecule has 0 aromatic heterocycles. The fraction of sp³-hybridized carbons (Fsp3) is 0.611. The largest absolute Gasteiger partial charge is 0.494 e. The second-order valence-electron chi connectivity index (χ2n) is 8.23. The number of hydrogen-bond donors (Lipinski definition) is 1. The Morgan fingerprint density at radius 2 is 1.67 bits per heavy atom. The molecule has 1 saturated heterocycles. The third kappa shape index (κ3) is 3.09. The van der Waals surface area contributed by atoms with E-state index < -0.39 is 24.1 Å². The zero-order valence-corrected chi connectivity index (χ0v) is 15.0. The van der Waals surface area contributed by atoms with Crippen molar-refractivity contribution < 1.29 is 18.5 Å². The maximum atomic E-state index is 14.1. The molecule has 1 aromatic rings. The maximum absolute atomic E-state index is 14.1. The van der Waals surface area contributed by atoms with Crippen molar-refractivity contribution in [2.24, 2.45) is 0 Å². The summed E-state index contributed by atoms with van der Waals surface area (Å²) in [5.41, 5.74) is -0.365. The number of halogens is 1. The zero-order valence-electron chi connectivity index (χ0n) is 15.0. The molecule has 0 unspecified atom stereocenters. The molecule has 130 valence electrons. The molecule has 2 fully saturated rings. The van der Waals surface area contributed by atoms with E-state index in [1.54, 1.807) is 6.07 Å². The predicted octanol–water partition coefficient (Wildman–Crippen LogP) is 2.80. The van der Waals surface area contributed by atoms with Crippen LogP contribution >= 0.6 is 0 Å². The summed E-state index contributed by atoms with van der Waals surface area (Å²) >= 11 is 0. The van der Waals surface area contributed by atoms with E-state index in [2.05, 4.69) is 5.32 Å². The van der Waals surface area contributed by atoms with Crippen LogP contribution in [0.2, 0.25) is 0 Å². The lowest BCUT2D eigenvalue weighted by Gasteiger charge is -2.39. The molecular formula is C18H25BFNO3. The summed E-state index contributed by atoms with van der Waals surface area (Å²) in [5.74, 6) is -0.722. The number of hydrogen-bond acceptors (Lipinski definition) is 3. The number of amides is 1. The second kappa shape index (κ2) is 5.56. The topological polar surface area (TPSA) is 47.6 Å². The van der Waals surface area contributed by atoms with Gasteiger partial charge in [0.2, 0.25) is 0 Å². The average molecular weight is 333 g/mol. The van der Waals surface area contributed by atoms with Crippen LogP contribution in [0.3, 0.4) is 0 Å². The van der Waals surface area contributed by atoms with Gasteiger partial charge in [0, 0.05) is 11.1 Å². The van der Waals surface area contributed by atoms with Crippen LogP contribution in [-0.2, 0) is 9.31 Å². The van der Waals surface area contributed by atoms with Gasteiger partial charge < -0.3 is 14.6 Å². The van der Waals surface area contributed by atoms with Gasteiger partial charge in [0.05, 0.1) is 11.2 Å². The monoisotopic (exact) mass is 333 g/mol. The number of carbonyl (C=O) groups is 1. The van der Waals surface area contributed by atoms with Gasteiger partial charge in [-0.1, -0.05) is 0 Å². The van der Waals surface area contributed by atoms with Gasteiger partial charge in [-0.15, -0.1) is 0 Å². The van der Waals surface area contributed by atoms with E-state index in [0.717, 1.165) is 19.3 Å². The summed E-state index contributed by atoms with van der Waals surface area (Å²) in [5, 5.41) is 3.00. The molecule has 1 amide bonds. The Hall–Kier alpha value is -1.40. The van der Waals surface area contributed by atoms with Crippen molar-refractivity contribution in [2.75, 3.05) is 0 Å². The van der Waals surface area contributed by atoms with Crippen LogP contribution in [-0.4, -0.2) is 29.8 Å².